The molecule has 1 aliphatic heterocycles. The molecule has 9 nitrogen and oxygen atoms in total. The quantitative estimate of drug-likeness (QED) is 0.706. The van der Waals surface area contributed by atoms with E-state index in [1.807, 2.05) is 25.7 Å². The Hall–Kier alpha value is -2.13. The molecule has 3 N–H and O–H groups in total. The number of ether oxygens (including phenoxy) is 1. The number of unbranched alkanes of at least 4 members (excludes halogenated alkanes) is 1. The van der Waals surface area contributed by atoms with Gasteiger partial charge >= 0.3 is 5.69 Å². The van der Waals surface area contributed by atoms with Crippen LogP contribution in [0.3, 0.4) is 0 Å². The van der Waals surface area contributed by atoms with Crippen LogP contribution in [0.25, 0.3) is 0 Å². The Morgan fingerprint density at radius 1 is 1.33 bits per heavy atom. The van der Waals surface area contributed by atoms with Gasteiger partial charge in [-0.3, -0.25) is 24.0 Å². The molecule has 1 saturated heterocycles. The van der Waals surface area contributed by atoms with Gasteiger partial charge in [-0.15, -0.1) is 0 Å². The number of nitrogen functional groups attached to an aromatic ring is 1. The number of nitrogens with one attached hydrogen (secondary N) is 1. The molecule has 9 heteroatoms. The molecule has 1 aromatic heterocycles. The third-order valence-electron chi connectivity index (χ3n) is 4.98. The van der Waals surface area contributed by atoms with Crippen molar-refractivity contribution in [2.45, 2.75) is 52.6 Å². The minimum Gasteiger partial charge on any atom is -0.383 e. The number of nitrogens with zero attached hydrogens (tertiary/aromatic N) is 3. The van der Waals surface area contributed by atoms with E-state index in [0.29, 0.717) is 26.3 Å². The maximum Gasteiger partial charge on any atom is 0.330 e. The van der Waals surface area contributed by atoms with E-state index in [1.54, 1.807) is 6.92 Å². The van der Waals surface area contributed by atoms with Crippen molar-refractivity contribution in [1.82, 2.24) is 14.5 Å². The SMILES string of the molecule is CCCCn1c(N)c(N(CC)C(=O)CN2CCOCC2(C)C)c(=O)[nH]c1=O. The van der Waals surface area contributed by atoms with Crippen molar-refractivity contribution in [3.63, 3.8) is 0 Å². The minimum atomic E-state index is -0.637. The maximum absolute atomic E-state index is 13.0. The Labute approximate surface area is 159 Å². The van der Waals surface area contributed by atoms with Gasteiger partial charge < -0.3 is 15.4 Å². The van der Waals surface area contributed by atoms with Crippen LogP contribution in [0.5, 0.6) is 0 Å². The lowest BCUT2D eigenvalue weighted by Gasteiger charge is -2.42. The van der Waals surface area contributed by atoms with Gasteiger partial charge in [0, 0.05) is 25.2 Å². The van der Waals surface area contributed by atoms with Gasteiger partial charge in [0.25, 0.3) is 5.56 Å². The number of nitrogens with two attached hydrogens (primary N) is 1. The van der Waals surface area contributed by atoms with E-state index in [4.69, 9.17) is 10.5 Å². The Morgan fingerprint density at radius 3 is 2.63 bits per heavy atom. The highest BCUT2D eigenvalue weighted by molar-refractivity contribution is 5.96. The van der Waals surface area contributed by atoms with Gasteiger partial charge in [0.1, 0.15) is 5.82 Å². The summed E-state index contributed by atoms with van der Waals surface area (Å²) in [6.07, 6.45) is 1.63. The predicted octanol–water partition coefficient (Wildman–Crippen LogP) is 0.383. The number of carbonyl (C=O) groups is 1. The molecule has 0 bridgehead atoms. The summed E-state index contributed by atoms with van der Waals surface area (Å²) in [5.41, 5.74) is 4.73. The smallest absolute Gasteiger partial charge is 0.330 e. The van der Waals surface area contributed by atoms with E-state index in [-0.39, 0.29) is 36.0 Å². The molecule has 0 saturated carbocycles. The number of hydrogen-bond acceptors (Lipinski definition) is 6. The summed E-state index contributed by atoms with van der Waals surface area (Å²) in [7, 11) is 0. The number of likely N-dealkylation sites (N-methyl/N-ethyl adjacent to an activating group) is 1. The van der Waals surface area contributed by atoms with Crippen LogP contribution < -0.4 is 21.9 Å². The van der Waals surface area contributed by atoms with Gasteiger partial charge in [-0.25, -0.2) is 4.79 Å². The summed E-state index contributed by atoms with van der Waals surface area (Å²) in [5, 5.41) is 0. The summed E-state index contributed by atoms with van der Waals surface area (Å²) in [5.74, 6) is -0.195. The highest BCUT2D eigenvalue weighted by Crippen LogP contribution is 2.21. The summed E-state index contributed by atoms with van der Waals surface area (Å²) >= 11 is 0. The lowest BCUT2D eigenvalue weighted by molar-refractivity contribution is -0.124. The molecule has 0 atom stereocenters. The molecule has 0 spiro atoms. The van der Waals surface area contributed by atoms with Crippen molar-refractivity contribution in [3.05, 3.63) is 20.8 Å². The topological polar surface area (TPSA) is 114 Å². The van der Waals surface area contributed by atoms with Crippen LogP contribution in [0.4, 0.5) is 11.5 Å². The number of aromatic amines is 1. The molecule has 2 heterocycles. The van der Waals surface area contributed by atoms with E-state index in [9.17, 15) is 14.4 Å². The Kier molecular flexibility index (Phi) is 6.83. The normalized spacial score (nSPS) is 17.0. The van der Waals surface area contributed by atoms with Gasteiger partial charge in [-0.05, 0) is 27.2 Å². The molecule has 2 rings (SSSR count). The lowest BCUT2D eigenvalue weighted by atomic mass is 10.0. The molecule has 1 aromatic rings. The van der Waals surface area contributed by atoms with E-state index in [0.717, 1.165) is 12.8 Å². The molecule has 152 valence electrons. The predicted molar refractivity (Wildman–Crippen MR) is 105 cm³/mol. The van der Waals surface area contributed by atoms with Crippen LogP contribution in [0.15, 0.2) is 9.59 Å². The van der Waals surface area contributed by atoms with Crippen molar-refractivity contribution in [2.24, 2.45) is 0 Å². The first-order valence-electron chi connectivity index (χ1n) is 9.48. The van der Waals surface area contributed by atoms with Crippen molar-refractivity contribution in [2.75, 3.05) is 43.5 Å². The fourth-order valence-electron chi connectivity index (χ4n) is 3.27. The number of amides is 1. The zero-order valence-electron chi connectivity index (χ0n) is 16.7. The molecule has 0 unspecified atom stereocenters. The first-order chi connectivity index (χ1) is 12.7. The van der Waals surface area contributed by atoms with Crippen LogP contribution in [0, 0.1) is 0 Å². The average Bonchev–Trinajstić information content (AvgIpc) is 2.60. The fourth-order valence-corrected chi connectivity index (χ4v) is 3.27. The molecule has 27 heavy (non-hydrogen) atoms. The van der Waals surface area contributed by atoms with Gasteiger partial charge in [0.05, 0.1) is 19.8 Å². The number of morpholine rings is 1. The van der Waals surface area contributed by atoms with Crippen molar-refractivity contribution in [3.8, 4) is 0 Å². The average molecular weight is 381 g/mol. The summed E-state index contributed by atoms with van der Waals surface area (Å²) in [4.78, 5) is 43.2. The van der Waals surface area contributed by atoms with Crippen molar-refractivity contribution < 1.29 is 9.53 Å². The minimum absolute atomic E-state index is 0.0358. The molecule has 0 radical (unpaired) electrons. The van der Waals surface area contributed by atoms with E-state index >= 15 is 0 Å². The third kappa shape index (κ3) is 4.59. The van der Waals surface area contributed by atoms with Crippen LogP contribution in [-0.2, 0) is 16.1 Å². The molecular formula is C18H31N5O4. The number of aromatic nitrogens is 2. The zero-order valence-corrected chi connectivity index (χ0v) is 16.7. The molecule has 1 fully saturated rings. The number of hydrogen-bond donors (Lipinski definition) is 2. The Bertz CT molecular complexity index is 783. The Balaban J connectivity index is 2.34. The highest BCUT2D eigenvalue weighted by Gasteiger charge is 2.33. The fraction of sp³-hybridized carbons (Fsp3) is 0.722. The monoisotopic (exact) mass is 381 g/mol. The third-order valence-corrected chi connectivity index (χ3v) is 4.98. The van der Waals surface area contributed by atoms with E-state index in [1.165, 1.54) is 9.47 Å². The summed E-state index contributed by atoms with van der Waals surface area (Å²) in [6, 6.07) is 0. The van der Waals surface area contributed by atoms with Crippen molar-refractivity contribution in [1.29, 1.82) is 0 Å². The molecule has 1 amide bonds. The number of anilines is 2. The summed E-state index contributed by atoms with van der Waals surface area (Å²) in [6.45, 7) is 10.4. The van der Waals surface area contributed by atoms with Gasteiger partial charge in [0.2, 0.25) is 5.91 Å². The van der Waals surface area contributed by atoms with E-state index < -0.39 is 11.2 Å². The lowest BCUT2D eigenvalue weighted by Crippen LogP contribution is -2.56. The maximum atomic E-state index is 13.0. The second-order valence-electron chi connectivity index (χ2n) is 7.42. The molecule has 0 aliphatic carbocycles. The van der Waals surface area contributed by atoms with Crippen LogP contribution in [0.1, 0.15) is 40.5 Å². The van der Waals surface area contributed by atoms with Crippen LogP contribution in [-0.4, -0.2) is 58.7 Å². The highest BCUT2D eigenvalue weighted by atomic mass is 16.5. The van der Waals surface area contributed by atoms with Crippen molar-refractivity contribution >= 4 is 17.4 Å². The summed E-state index contributed by atoms with van der Waals surface area (Å²) < 4.78 is 6.82. The second-order valence-corrected chi connectivity index (χ2v) is 7.42. The van der Waals surface area contributed by atoms with Gasteiger partial charge in [-0.1, -0.05) is 13.3 Å². The van der Waals surface area contributed by atoms with Gasteiger partial charge in [0.15, 0.2) is 5.69 Å². The largest absolute Gasteiger partial charge is 0.383 e. The molecule has 0 aromatic carbocycles. The number of rotatable bonds is 7. The van der Waals surface area contributed by atoms with Crippen LogP contribution in [0.2, 0.25) is 0 Å². The van der Waals surface area contributed by atoms with Gasteiger partial charge in [-0.2, -0.15) is 0 Å². The molecule has 1 aliphatic rings. The first-order valence-corrected chi connectivity index (χ1v) is 9.48. The standard InChI is InChI=1S/C18H31N5O4/c1-5-7-8-23-15(19)14(16(25)20-17(23)26)22(6-2)13(24)11-21-9-10-27-12-18(21,3)4/h5-12,19H2,1-4H3,(H,20,25,26). The zero-order chi connectivity index (χ0) is 20.2. The Morgan fingerprint density at radius 2 is 2.04 bits per heavy atom. The molecular weight excluding hydrogens is 350 g/mol. The van der Waals surface area contributed by atoms with E-state index in [2.05, 4.69) is 4.98 Å². The number of carbonyl (C=O) groups excluding carboxylic acids is 1. The number of H-pyrrole nitrogens is 1. The second kappa shape index (κ2) is 8.71. The first kappa shape index (κ1) is 21.2. The van der Waals surface area contributed by atoms with Crippen LogP contribution >= 0.6 is 0 Å².